The molecule has 1 heterocycles. The lowest BCUT2D eigenvalue weighted by atomic mass is 10.2. The van der Waals surface area contributed by atoms with E-state index in [1.54, 1.807) is 11.3 Å². The molecule has 0 radical (unpaired) electrons. The predicted molar refractivity (Wildman–Crippen MR) is 66.0 cm³/mol. The summed E-state index contributed by atoms with van der Waals surface area (Å²) in [6, 6.07) is 8.23. The second kappa shape index (κ2) is 4.03. The Kier molecular flexibility index (Phi) is 2.73. The Morgan fingerprint density at radius 1 is 1.13 bits per heavy atom. The van der Waals surface area contributed by atoms with Gasteiger partial charge in [0.1, 0.15) is 0 Å². The van der Waals surface area contributed by atoms with Gasteiger partial charge in [0.15, 0.2) is 5.13 Å². The van der Waals surface area contributed by atoms with Crippen LogP contribution in [0.5, 0.6) is 0 Å². The van der Waals surface area contributed by atoms with Gasteiger partial charge in [-0.1, -0.05) is 18.2 Å². The third-order valence-corrected chi connectivity index (χ3v) is 3.40. The van der Waals surface area contributed by atoms with Crippen LogP contribution in [0.4, 0.5) is 10.8 Å². The summed E-state index contributed by atoms with van der Waals surface area (Å²) >= 11 is 1.70. The van der Waals surface area contributed by atoms with Crippen molar-refractivity contribution in [2.24, 2.45) is 0 Å². The van der Waals surface area contributed by atoms with Crippen LogP contribution in [0.2, 0.25) is 0 Å². The van der Waals surface area contributed by atoms with Crippen LogP contribution in [-0.4, -0.2) is 4.98 Å². The first-order valence-corrected chi connectivity index (χ1v) is 5.75. The highest BCUT2D eigenvalue weighted by Gasteiger charge is 2.04. The van der Waals surface area contributed by atoms with Crippen molar-refractivity contribution in [2.45, 2.75) is 20.8 Å². The summed E-state index contributed by atoms with van der Waals surface area (Å²) in [6.07, 6.45) is 0. The van der Waals surface area contributed by atoms with E-state index in [1.165, 1.54) is 10.4 Å². The van der Waals surface area contributed by atoms with Gasteiger partial charge in [0.05, 0.1) is 5.69 Å². The van der Waals surface area contributed by atoms with Gasteiger partial charge in [-0.15, -0.1) is 11.3 Å². The highest BCUT2D eigenvalue weighted by atomic mass is 32.1. The van der Waals surface area contributed by atoms with E-state index in [0.29, 0.717) is 0 Å². The summed E-state index contributed by atoms with van der Waals surface area (Å²) < 4.78 is 0. The van der Waals surface area contributed by atoms with Gasteiger partial charge in [-0.3, -0.25) is 0 Å². The Morgan fingerprint density at radius 2 is 1.87 bits per heavy atom. The molecule has 0 fully saturated rings. The molecule has 2 nitrogen and oxygen atoms in total. The molecule has 0 aliphatic carbocycles. The van der Waals surface area contributed by atoms with Crippen LogP contribution in [0.15, 0.2) is 24.3 Å². The minimum atomic E-state index is 0.972. The summed E-state index contributed by atoms with van der Waals surface area (Å²) in [5.41, 5.74) is 3.48. The summed E-state index contributed by atoms with van der Waals surface area (Å²) in [7, 11) is 0. The second-order valence-electron chi connectivity index (χ2n) is 3.60. The number of anilines is 2. The molecule has 0 spiro atoms. The fourth-order valence-corrected chi connectivity index (χ4v) is 2.18. The largest absolute Gasteiger partial charge is 0.331 e. The van der Waals surface area contributed by atoms with Crippen molar-refractivity contribution in [1.82, 2.24) is 4.98 Å². The van der Waals surface area contributed by atoms with Crippen molar-refractivity contribution in [2.75, 3.05) is 5.32 Å². The van der Waals surface area contributed by atoms with Crippen LogP contribution in [-0.2, 0) is 0 Å². The van der Waals surface area contributed by atoms with Crippen LogP contribution in [0.3, 0.4) is 0 Å². The zero-order chi connectivity index (χ0) is 10.8. The minimum Gasteiger partial charge on any atom is -0.331 e. The Hall–Kier alpha value is -1.35. The zero-order valence-electron chi connectivity index (χ0n) is 9.16. The van der Waals surface area contributed by atoms with E-state index in [4.69, 9.17) is 0 Å². The zero-order valence-corrected chi connectivity index (χ0v) is 9.98. The average Bonchev–Trinajstić information content (AvgIpc) is 2.50. The van der Waals surface area contributed by atoms with Crippen LogP contribution >= 0.6 is 11.3 Å². The van der Waals surface area contributed by atoms with Crippen molar-refractivity contribution >= 4 is 22.2 Å². The van der Waals surface area contributed by atoms with Crippen molar-refractivity contribution in [3.8, 4) is 0 Å². The third kappa shape index (κ3) is 2.18. The first-order valence-electron chi connectivity index (χ1n) is 4.93. The number of hydrogen-bond donors (Lipinski definition) is 1. The average molecular weight is 218 g/mol. The summed E-state index contributed by atoms with van der Waals surface area (Å²) in [4.78, 5) is 5.72. The lowest BCUT2D eigenvalue weighted by Gasteiger charge is -2.05. The lowest BCUT2D eigenvalue weighted by Crippen LogP contribution is -1.91. The molecule has 15 heavy (non-hydrogen) atoms. The van der Waals surface area contributed by atoms with Gasteiger partial charge >= 0.3 is 0 Å². The maximum Gasteiger partial charge on any atom is 0.187 e. The first-order chi connectivity index (χ1) is 7.16. The smallest absolute Gasteiger partial charge is 0.187 e. The van der Waals surface area contributed by atoms with E-state index in [9.17, 15) is 0 Å². The van der Waals surface area contributed by atoms with Crippen molar-refractivity contribution in [1.29, 1.82) is 0 Å². The number of rotatable bonds is 2. The second-order valence-corrected chi connectivity index (χ2v) is 4.80. The molecule has 2 aromatic rings. The number of para-hydroxylation sites is 1. The predicted octanol–water partition coefficient (Wildman–Crippen LogP) is 3.81. The number of aryl methyl sites for hydroxylation is 3. The maximum absolute atomic E-state index is 4.45. The number of hydrogen-bond acceptors (Lipinski definition) is 3. The van der Waals surface area contributed by atoms with Crippen LogP contribution < -0.4 is 5.32 Å². The van der Waals surface area contributed by atoms with Gasteiger partial charge < -0.3 is 5.32 Å². The third-order valence-electron chi connectivity index (χ3n) is 2.42. The Bertz CT molecular complexity index is 455. The van der Waals surface area contributed by atoms with E-state index in [1.807, 2.05) is 19.1 Å². The first kappa shape index (κ1) is 10.2. The molecule has 0 aliphatic rings. The number of thiazole rings is 1. The topological polar surface area (TPSA) is 24.9 Å². The van der Waals surface area contributed by atoms with Gasteiger partial charge in [0, 0.05) is 10.6 Å². The molecule has 0 saturated heterocycles. The Labute approximate surface area is 94.0 Å². The number of aromatic nitrogens is 1. The highest BCUT2D eigenvalue weighted by molar-refractivity contribution is 7.15. The van der Waals surface area contributed by atoms with Crippen LogP contribution in [0, 0.1) is 20.8 Å². The van der Waals surface area contributed by atoms with E-state index >= 15 is 0 Å². The molecular weight excluding hydrogens is 204 g/mol. The SMILES string of the molecule is Cc1ccccc1Nc1nc(C)c(C)s1. The normalized spacial score (nSPS) is 10.3. The van der Waals surface area contributed by atoms with Gasteiger partial charge in [0.2, 0.25) is 0 Å². The van der Waals surface area contributed by atoms with Gasteiger partial charge in [-0.25, -0.2) is 4.98 Å². The van der Waals surface area contributed by atoms with E-state index in [-0.39, 0.29) is 0 Å². The van der Waals surface area contributed by atoms with Crippen molar-refractivity contribution in [3.63, 3.8) is 0 Å². The molecule has 0 atom stereocenters. The van der Waals surface area contributed by atoms with Crippen molar-refractivity contribution < 1.29 is 0 Å². The van der Waals surface area contributed by atoms with Gasteiger partial charge in [-0.2, -0.15) is 0 Å². The molecule has 2 rings (SSSR count). The van der Waals surface area contributed by atoms with E-state index in [0.717, 1.165) is 16.5 Å². The molecule has 1 aromatic carbocycles. The number of nitrogens with zero attached hydrogens (tertiary/aromatic N) is 1. The molecule has 0 bridgehead atoms. The fourth-order valence-electron chi connectivity index (χ4n) is 1.35. The molecule has 0 saturated carbocycles. The summed E-state index contributed by atoms with van der Waals surface area (Å²) in [5.74, 6) is 0. The quantitative estimate of drug-likeness (QED) is 0.829. The molecule has 3 heteroatoms. The van der Waals surface area contributed by atoms with Crippen LogP contribution in [0.1, 0.15) is 16.1 Å². The highest BCUT2D eigenvalue weighted by Crippen LogP contribution is 2.26. The maximum atomic E-state index is 4.45. The molecule has 78 valence electrons. The van der Waals surface area contributed by atoms with Crippen LogP contribution in [0.25, 0.3) is 0 Å². The molecule has 1 aromatic heterocycles. The monoisotopic (exact) mass is 218 g/mol. The molecule has 0 amide bonds. The number of nitrogens with one attached hydrogen (secondary N) is 1. The van der Waals surface area contributed by atoms with E-state index < -0.39 is 0 Å². The standard InChI is InChI=1S/C12H14N2S/c1-8-6-4-5-7-11(8)14-12-13-9(2)10(3)15-12/h4-7H,1-3H3,(H,13,14). The number of benzene rings is 1. The minimum absolute atomic E-state index is 0.972. The Morgan fingerprint density at radius 3 is 2.47 bits per heavy atom. The van der Waals surface area contributed by atoms with Gasteiger partial charge in [0.25, 0.3) is 0 Å². The molecule has 1 N–H and O–H groups in total. The fraction of sp³-hybridized carbons (Fsp3) is 0.250. The lowest BCUT2D eigenvalue weighted by molar-refractivity contribution is 1.22. The summed E-state index contributed by atoms with van der Waals surface area (Å²) in [6.45, 7) is 6.22. The Balaban J connectivity index is 2.26. The summed E-state index contributed by atoms with van der Waals surface area (Å²) in [5, 5.41) is 4.31. The van der Waals surface area contributed by atoms with Crippen molar-refractivity contribution in [3.05, 3.63) is 40.4 Å². The molecular formula is C12H14N2S. The van der Waals surface area contributed by atoms with E-state index in [2.05, 4.69) is 36.3 Å². The van der Waals surface area contributed by atoms with Gasteiger partial charge in [-0.05, 0) is 32.4 Å². The molecule has 0 aliphatic heterocycles. The molecule has 0 unspecified atom stereocenters.